The number of aromatic nitrogens is 3. The van der Waals surface area contributed by atoms with E-state index in [0.717, 1.165) is 22.6 Å². The van der Waals surface area contributed by atoms with E-state index in [9.17, 15) is 4.79 Å². The molecule has 1 amide bonds. The Bertz CT molecular complexity index is 985. The normalized spacial score (nSPS) is 14.2. The lowest BCUT2D eigenvalue weighted by Crippen LogP contribution is -2.25. The summed E-state index contributed by atoms with van der Waals surface area (Å²) >= 11 is 0. The molecule has 3 heterocycles. The Kier molecular flexibility index (Phi) is 3.39. The van der Waals surface area contributed by atoms with Gasteiger partial charge in [0.05, 0.1) is 12.2 Å². The SMILES string of the molecule is Cc1nc2ccc(C(=O)N3Cc4cnc(C(C)(C)C)nc4C3)cc2o1. The van der Waals surface area contributed by atoms with E-state index in [0.29, 0.717) is 30.1 Å². The largest absolute Gasteiger partial charge is 0.441 e. The number of oxazole rings is 1. The van der Waals surface area contributed by atoms with E-state index in [-0.39, 0.29) is 11.3 Å². The van der Waals surface area contributed by atoms with E-state index in [1.54, 1.807) is 24.0 Å². The predicted octanol–water partition coefficient (Wildman–Crippen LogP) is 3.38. The summed E-state index contributed by atoms with van der Waals surface area (Å²) in [5.41, 5.74) is 3.83. The van der Waals surface area contributed by atoms with Gasteiger partial charge in [0.1, 0.15) is 11.3 Å². The van der Waals surface area contributed by atoms with Crippen molar-refractivity contribution in [3.05, 3.63) is 52.9 Å². The minimum absolute atomic E-state index is 0.0359. The van der Waals surface area contributed by atoms with Gasteiger partial charge < -0.3 is 9.32 Å². The van der Waals surface area contributed by atoms with Gasteiger partial charge in [-0.2, -0.15) is 0 Å². The second-order valence-electron chi connectivity index (χ2n) is 7.49. The summed E-state index contributed by atoms with van der Waals surface area (Å²) in [6, 6.07) is 5.37. The van der Waals surface area contributed by atoms with Gasteiger partial charge in [-0.3, -0.25) is 4.79 Å². The lowest BCUT2D eigenvalue weighted by molar-refractivity contribution is 0.0750. The van der Waals surface area contributed by atoms with Crippen LogP contribution in [0.25, 0.3) is 11.1 Å². The van der Waals surface area contributed by atoms with Crippen LogP contribution < -0.4 is 0 Å². The quantitative estimate of drug-likeness (QED) is 0.681. The van der Waals surface area contributed by atoms with Gasteiger partial charge in [-0.15, -0.1) is 0 Å². The number of carbonyl (C=O) groups excluding carboxylic acids is 1. The van der Waals surface area contributed by atoms with Crippen molar-refractivity contribution in [3.63, 3.8) is 0 Å². The molecule has 1 aliphatic rings. The van der Waals surface area contributed by atoms with Gasteiger partial charge in [0.2, 0.25) is 0 Å². The van der Waals surface area contributed by atoms with Crippen LogP contribution in [0.4, 0.5) is 0 Å². The molecule has 4 rings (SSSR count). The van der Waals surface area contributed by atoms with Gasteiger partial charge in [0.25, 0.3) is 5.91 Å². The van der Waals surface area contributed by atoms with Crippen molar-refractivity contribution in [2.45, 2.75) is 46.2 Å². The second-order valence-corrected chi connectivity index (χ2v) is 7.49. The van der Waals surface area contributed by atoms with E-state index >= 15 is 0 Å². The van der Waals surface area contributed by atoms with Crippen LogP contribution in [0.15, 0.2) is 28.8 Å². The minimum atomic E-state index is -0.109. The van der Waals surface area contributed by atoms with Crippen LogP contribution in [0.1, 0.15) is 54.1 Å². The van der Waals surface area contributed by atoms with Crippen LogP contribution in [-0.4, -0.2) is 25.8 Å². The van der Waals surface area contributed by atoms with E-state index in [4.69, 9.17) is 4.42 Å². The summed E-state index contributed by atoms with van der Waals surface area (Å²) < 4.78 is 5.53. The summed E-state index contributed by atoms with van der Waals surface area (Å²) in [6.45, 7) is 9.09. The molecular weight excluding hydrogens is 316 g/mol. The number of hydrogen-bond acceptors (Lipinski definition) is 5. The number of carbonyl (C=O) groups is 1. The maximum Gasteiger partial charge on any atom is 0.254 e. The standard InChI is InChI=1S/C19H20N4O2/c1-11-21-14-6-5-12(7-16(14)25-11)17(24)23-9-13-8-20-18(19(2,3)4)22-15(13)10-23/h5-8H,9-10H2,1-4H3. The number of aryl methyl sites for hydroxylation is 1. The Labute approximate surface area is 145 Å². The van der Waals surface area contributed by atoms with Gasteiger partial charge in [-0.1, -0.05) is 20.8 Å². The molecular formula is C19H20N4O2. The number of rotatable bonds is 1. The molecule has 0 atom stereocenters. The minimum Gasteiger partial charge on any atom is -0.441 e. The van der Waals surface area contributed by atoms with Crippen LogP contribution in [0.3, 0.4) is 0 Å². The van der Waals surface area contributed by atoms with Crippen molar-refractivity contribution < 1.29 is 9.21 Å². The first kappa shape index (κ1) is 15.7. The molecule has 0 saturated heterocycles. The smallest absolute Gasteiger partial charge is 0.254 e. The molecule has 2 aromatic heterocycles. The molecule has 0 N–H and O–H groups in total. The number of amides is 1. The first-order chi connectivity index (χ1) is 11.8. The fourth-order valence-corrected chi connectivity index (χ4v) is 3.01. The summed E-state index contributed by atoms with van der Waals surface area (Å²) in [5, 5.41) is 0. The number of fused-ring (bicyclic) bond motifs is 2. The molecule has 0 bridgehead atoms. The second kappa shape index (κ2) is 5.37. The average molecular weight is 336 g/mol. The summed E-state index contributed by atoms with van der Waals surface area (Å²) in [6.07, 6.45) is 1.85. The topological polar surface area (TPSA) is 72.1 Å². The van der Waals surface area contributed by atoms with Gasteiger partial charge in [0, 0.05) is 36.2 Å². The zero-order valence-corrected chi connectivity index (χ0v) is 14.8. The predicted molar refractivity (Wildman–Crippen MR) is 93.1 cm³/mol. The molecule has 128 valence electrons. The average Bonchev–Trinajstić information content (AvgIpc) is 3.13. The van der Waals surface area contributed by atoms with Crippen molar-refractivity contribution in [1.82, 2.24) is 19.9 Å². The van der Waals surface area contributed by atoms with E-state index in [1.165, 1.54) is 0 Å². The lowest BCUT2D eigenvalue weighted by atomic mass is 9.95. The molecule has 6 nitrogen and oxygen atoms in total. The van der Waals surface area contributed by atoms with Gasteiger partial charge in [-0.25, -0.2) is 15.0 Å². The number of benzene rings is 1. The molecule has 0 radical (unpaired) electrons. The zero-order chi connectivity index (χ0) is 17.8. The molecule has 0 unspecified atom stereocenters. The highest BCUT2D eigenvalue weighted by molar-refractivity contribution is 5.97. The third-order valence-electron chi connectivity index (χ3n) is 4.36. The molecule has 0 spiro atoms. The van der Waals surface area contributed by atoms with E-state index < -0.39 is 0 Å². The fraction of sp³-hybridized carbons (Fsp3) is 0.368. The summed E-state index contributed by atoms with van der Waals surface area (Å²) in [5.74, 6) is 1.36. The van der Waals surface area contributed by atoms with E-state index in [1.807, 2.05) is 12.3 Å². The van der Waals surface area contributed by atoms with Gasteiger partial charge in [0.15, 0.2) is 11.5 Å². The summed E-state index contributed by atoms with van der Waals surface area (Å²) in [7, 11) is 0. The van der Waals surface area contributed by atoms with Gasteiger partial charge >= 0.3 is 0 Å². The number of hydrogen-bond donors (Lipinski definition) is 0. The Balaban J connectivity index is 1.60. The first-order valence-electron chi connectivity index (χ1n) is 8.33. The first-order valence-corrected chi connectivity index (χ1v) is 8.33. The van der Waals surface area contributed by atoms with Crippen LogP contribution in [0, 0.1) is 6.92 Å². The Morgan fingerprint density at radius 1 is 1.20 bits per heavy atom. The lowest BCUT2D eigenvalue weighted by Gasteiger charge is -2.16. The molecule has 1 aliphatic heterocycles. The van der Waals surface area contributed by atoms with Crippen LogP contribution in [0.5, 0.6) is 0 Å². The van der Waals surface area contributed by atoms with Crippen molar-refractivity contribution in [1.29, 1.82) is 0 Å². The molecule has 0 fully saturated rings. The zero-order valence-electron chi connectivity index (χ0n) is 14.8. The van der Waals surface area contributed by atoms with Crippen LogP contribution in [-0.2, 0) is 18.5 Å². The monoisotopic (exact) mass is 336 g/mol. The van der Waals surface area contributed by atoms with Crippen molar-refractivity contribution in [2.24, 2.45) is 0 Å². The third kappa shape index (κ3) is 2.77. The molecule has 3 aromatic rings. The maximum atomic E-state index is 12.9. The molecule has 0 aliphatic carbocycles. The van der Waals surface area contributed by atoms with Crippen molar-refractivity contribution in [2.75, 3.05) is 0 Å². The van der Waals surface area contributed by atoms with Crippen molar-refractivity contribution in [3.8, 4) is 0 Å². The van der Waals surface area contributed by atoms with Crippen LogP contribution >= 0.6 is 0 Å². The molecule has 6 heteroatoms. The van der Waals surface area contributed by atoms with Gasteiger partial charge in [-0.05, 0) is 18.2 Å². The number of nitrogens with zero attached hydrogens (tertiary/aromatic N) is 4. The maximum absolute atomic E-state index is 12.9. The van der Waals surface area contributed by atoms with Crippen LogP contribution in [0.2, 0.25) is 0 Å². The highest BCUT2D eigenvalue weighted by Crippen LogP contribution is 2.26. The Morgan fingerprint density at radius 3 is 2.76 bits per heavy atom. The molecule has 25 heavy (non-hydrogen) atoms. The third-order valence-corrected chi connectivity index (χ3v) is 4.36. The molecule has 1 aromatic carbocycles. The summed E-state index contributed by atoms with van der Waals surface area (Å²) in [4.78, 5) is 28.0. The Hall–Kier alpha value is -2.76. The van der Waals surface area contributed by atoms with E-state index in [2.05, 4.69) is 35.7 Å². The van der Waals surface area contributed by atoms with Crippen molar-refractivity contribution >= 4 is 17.0 Å². The fourth-order valence-electron chi connectivity index (χ4n) is 3.01. The Morgan fingerprint density at radius 2 is 2.00 bits per heavy atom. The highest BCUT2D eigenvalue weighted by atomic mass is 16.3. The highest BCUT2D eigenvalue weighted by Gasteiger charge is 2.28. The molecule has 0 saturated carbocycles.